The highest BCUT2D eigenvalue weighted by atomic mass is 16.6. The fourth-order valence-corrected chi connectivity index (χ4v) is 8.70. The van der Waals surface area contributed by atoms with E-state index < -0.39 is 6.10 Å². The van der Waals surface area contributed by atoms with Gasteiger partial charge < -0.3 is 14.2 Å². The highest BCUT2D eigenvalue weighted by molar-refractivity contribution is 5.71. The summed E-state index contributed by atoms with van der Waals surface area (Å²) >= 11 is 0. The van der Waals surface area contributed by atoms with Crippen LogP contribution >= 0.6 is 0 Å². The number of hydrogen-bond acceptors (Lipinski definition) is 6. The van der Waals surface area contributed by atoms with E-state index in [0.29, 0.717) is 19.3 Å². The van der Waals surface area contributed by atoms with E-state index in [2.05, 4.69) is 34.6 Å². The lowest BCUT2D eigenvalue weighted by Gasteiger charge is -2.18. The molecule has 0 spiro atoms. The number of carbonyl (C=O) groups is 3. The first-order chi connectivity index (χ1) is 30.7. The molecular weight excluding hydrogens is 781 g/mol. The first kappa shape index (κ1) is 61.4. The summed E-state index contributed by atoms with van der Waals surface area (Å²) in [5, 5.41) is 0. The monoisotopic (exact) mass is 891 g/mol. The fourth-order valence-electron chi connectivity index (χ4n) is 8.70. The van der Waals surface area contributed by atoms with Crippen LogP contribution in [0.15, 0.2) is 0 Å². The van der Waals surface area contributed by atoms with Crippen molar-refractivity contribution in [2.75, 3.05) is 13.2 Å². The molecule has 0 N–H and O–H groups in total. The van der Waals surface area contributed by atoms with Gasteiger partial charge in [-0.2, -0.15) is 0 Å². The summed E-state index contributed by atoms with van der Waals surface area (Å²) in [6, 6.07) is 0. The van der Waals surface area contributed by atoms with Crippen LogP contribution < -0.4 is 0 Å². The van der Waals surface area contributed by atoms with Crippen molar-refractivity contribution < 1.29 is 28.6 Å². The molecule has 374 valence electrons. The van der Waals surface area contributed by atoms with Gasteiger partial charge in [0, 0.05) is 19.3 Å². The molecule has 0 aromatic carbocycles. The van der Waals surface area contributed by atoms with Crippen LogP contribution in [0.4, 0.5) is 0 Å². The molecule has 0 aromatic rings. The first-order valence-electron chi connectivity index (χ1n) is 28.2. The predicted octanol–water partition coefficient (Wildman–Crippen LogP) is 18.5. The molecule has 0 fully saturated rings. The number of unbranched alkanes of at least 4 members (excludes halogenated alkanes) is 36. The van der Waals surface area contributed by atoms with E-state index in [1.807, 2.05) is 0 Å². The maximum absolute atomic E-state index is 12.8. The van der Waals surface area contributed by atoms with Gasteiger partial charge >= 0.3 is 17.9 Å². The van der Waals surface area contributed by atoms with Crippen LogP contribution in [0.5, 0.6) is 0 Å². The average Bonchev–Trinajstić information content (AvgIpc) is 3.25. The molecule has 0 aliphatic carbocycles. The molecule has 0 unspecified atom stereocenters. The van der Waals surface area contributed by atoms with Crippen LogP contribution in [0.25, 0.3) is 0 Å². The minimum Gasteiger partial charge on any atom is -0.462 e. The van der Waals surface area contributed by atoms with Crippen molar-refractivity contribution in [2.45, 2.75) is 323 Å². The van der Waals surface area contributed by atoms with Crippen molar-refractivity contribution in [2.24, 2.45) is 11.8 Å². The molecule has 0 aliphatic heterocycles. The minimum atomic E-state index is -0.762. The van der Waals surface area contributed by atoms with Gasteiger partial charge in [-0.3, -0.25) is 14.4 Å². The van der Waals surface area contributed by atoms with E-state index in [-0.39, 0.29) is 31.1 Å². The number of carbonyl (C=O) groups excluding carboxylic acids is 3. The molecule has 0 aromatic heterocycles. The van der Waals surface area contributed by atoms with Crippen molar-refractivity contribution >= 4 is 17.9 Å². The second-order valence-electron chi connectivity index (χ2n) is 20.5. The molecule has 0 saturated heterocycles. The Morgan fingerprint density at radius 1 is 0.302 bits per heavy atom. The third-order valence-corrected chi connectivity index (χ3v) is 13.0. The normalized spacial score (nSPS) is 12.0. The van der Waals surface area contributed by atoms with Crippen LogP contribution in [-0.4, -0.2) is 37.2 Å². The topological polar surface area (TPSA) is 78.9 Å². The molecule has 0 aliphatic rings. The molecule has 1 atom stereocenters. The maximum Gasteiger partial charge on any atom is 0.306 e. The Bertz CT molecular complexity index is 962. The van der Waals surface area contributed by atoms with Crippen molar-refractivity contribution in [1.29, 1.82) is 0 Å². The average molecular weight is 892 g/mol. The van der Waals surface area contributed by atoms with Gasteiger partial charge in [0.25, 0.3) is 0 Å². The Morgan fingerprint density at radius 2 is 0.524 bits per heavy atom. The minimum absolute atomic E-state index is 0.0634. The van der Waals surface area contributed by atoms with E-state index in [1.165, 1.54) is 205 Å². The van der Waals surface area contributed by atoms with E-state index in [9.17, 15) is 14.4 Å². The Morgan fingerprint density at radius 3 is 0.778 bits per heavy atom. The van der Waals surface area contributed by atoms with Gasteiger partial charge in [0.1, 0.15) is 13.2 Å². The second kappa shape index (κ2) is 49.8. The van der Waals surface area contributed by atoms with Gasteiger partial charge in [-0.1, -0.05) is 279 Å². The van der Waals surface area contributed by atoms with Crippen molar-refractivity contribution in [3.63, 3.8) is 0 Å². The maximum atomic E-state index is 12.8. The largest absolute Gasteiger partial charge is 0.462 e. The lowest BCUT2D eigenvalue weighted by molar-refractivity contribution is -0.167. The van der Waals surface area contributed by atoms with Gasteiger partial charge in [0.2, 0.25) is 0 Å². The number of esters is 3. The first-order valence-corrected chi connectivity index (χ1v) is 28.2. The molecule has 63 heavy (non-hydrogen) atoms. The van der Waals surface area contributed by atoms with Crippen LogP contribution in [0.1, 0.15) is 317 Å². The van der Waals surface area contributed by atoms with Gasteiger partial charge in [-0.15, -0.1) is 0 Å². The van der Waals surface area contributed by atoms with Crippen molar-refractivity contribution in [3.8, 4) is 0 Å². The molecule has 0 heterocycles. The van der Waals surface area contributed by atoms with Crippen molar-refractivity contribution in [3.05, 3.63) is 0 Å². The van der Waals surface area contributed by atoms with Crippen LogP contribution in [0.2, 0.25) is 0 Å². The fraction of sp³-hybridized carbons (Fsp3) is 0.947. The van der Waals surface area contributed by atoms with E-state index in [4.69, 9.17) is 14.2 Å². The molecule has 0 amide bonds. The summed E-state index contributed by atoms with van der Waals surface area (Å²) in [4.78, 5) is 38.0. The standard InChI is InChI=1S/C57H110O6/c1-6-7-8-9-10-11-12-13-16-20-23-26-32-37-42-47-55(58)61-50-54(63-57(60)49-44-39-34-29-28-31-36-41-46-53(4)5)51-62-56(59)48-43-38-33-27-24-21-18-15-14-17-19-22-25-30-35-40-45-52(2)3/h52-54H,6-51H2,1-5H3/t54-/m0/s1. The zero-order valence-electron chi connectivity index (χ0n) is 43.2. The third-order valence-electron chi connectivity index (χ3n) is 13.0. The zero-order chi connectivity index (χ0) is 46.1. The quantitative estimate of drug-likeness (QED) is 0.0344. The Labute approximate surface area is 393 Å². The van der Waals surface area contributed by atoms with Crippen LogP contribution in [0, 0.1) is 11.8 Å². The van der Waals surface area contributed by atoms with E-state index in [0.717, 1.165) is 69.6 Å². The summed E-state index contributed by atoms with van der Waals surface area (Å²) in [6.07, 6.45) is 52.4. The van der Waals surface area contributed by atoms with Gasteiger partial charge in [-0.25, -0.2) is 0 Å². The second-order valence-corrected chi connectivity index (χ2v) is 20.5. The van der Waals surface area contributed by atoms with Gasteiger partial charge in [0.05, 0.1) is 0 Å². The molecule has 0 radical (unpaired) electrons. The molecular formula is C57H110O6. The zero-order valence-corrected chi connectivity index (χ0v) is 43.2. The highest BCUT2D eigenvalue weighted by Gasteiger charge is 2.19. The third kappa shape index (κ3) is 51.3. The summed E-state index contributed by atoms with van der Waals surface area (Å²) in [5.41, 5.74) is 0. The summed E-state index contributed by atoms with van der Waals surface area (Å²) in [7, 11) is 0. The summed E-state index contributed by atoms with van der Waals surface area (Å²) < 4.78 is 16.9. The lowest BCUT2D eigenvalue weighted by Crippen LogP contribution is -2.30. The molecule has 6 nitrogen and oxygen atoms in total. The van der Waals surface area contributed by atoms with Gasteiger partial charge in [0.15, 0.2) is 6.10 Å². The van der Waals surface area contributed by atoms with Crippen molar-refractivity contribution in [1.82, 2.24) is 0 Å². The molecule has 6 heteroatoms. The Kier molecular flexibility index (Phi) is 48.6. The van der Waals surface area contributed by atoms with E-state index in [1.54, 1.807) is 0 Å². The molecule has 0 bridgehead atoms. The molecule has 0 saturated carbocycles. The number of rotatable bonds is 51. The number of ether oxygens (including phenoxy) is 3. The lowest BCUT2D eigenvalue weighted by atomic mass is 10.0. The Balaban J connectivity index is 4.24. The van der Waals surface area contributed by atoms with Gasteiger partial charge in [-0.05, 0) is 31.1 Å². The summed E-state index contributed by atoms with van der Waals surface area (Å²) in [5.74, 6) is 0.803. The van der Waals surface area contributed by atoms with Crippen LogP contribution in [0.3, 0.4) is 0 Å². The predicted molar refractivity (Wildman–Crippen MR) is 270 cm³/mol. The summed E-state index contributed by atoms with van der Waals surface area (Å²) in [6.45, 7) is 11.4. The van der Waals surface area contributed by atoms with E-state index >= 15 is 0 Å². The molecule has 0 rings (SSSR count). The number of hydrogen-bond donors (Lipinski definition) is 0. The van der Waals surface area contributed by atoms with Crippen LogP contribution in [-0.2, 0) is 28.6 Å². The SMILES string of the molecule is CCCCCCCCCCCCCCCCCC(=O)OC[C@@H](COC(=O)CCCCCCCCCCCCCCCCCCC(C)C)OC(=O)CCCCCCCCCCC(C)C. The highest BCUT2D eigenvalue weighted by Crippen LogP contribution is 2.18. The Hall–Kier alpha value is -1.59. The smallest absolute Gasteiger partial charge is 0.306 e.